The molecular weight excluding hydrogens is 242 g/mol. The van der Waals surface area contributed by atoms with Gasteiger partial charge in [0.05, 0.1) is 12.7 Å². The van der Waals surface area contributed by atoms with Crippen molar-refractivity contribution in [3.8, 4) is 0 Å². The van der Waals surface area contributed by atoms with Crippen molar-refractivity contribution in [2.75, 3.05) is 18.5 Å². The number of aromatic nitrogens is 2. The van der Waals surface area contributed by atoms with Gasteiger partial charge in [0.1, 0.15) is 5.38 Å². The van der Waals surface area contributed by atoms with Gasteiger partial charge in [0.25, 0.3) is 0 Å². The predicted octanol–water partition coefficient (Wildman–Crippen LogP) is 2.74. The molecule has 1 heterocycles. The van der Waals surface area contributed by atoms with Gasteiger partial charge in [0.2, 0.25) is 5.89 Å². The molecule has 0 bridgehead atoms. The Balaban J connectivity index is 1.63. The molecule has 1 atom stereocenters. The fourth-order valence-corrected chi connectivity index (χ4v) is 1.99. The van der Waals surface area contributed by atoms with Crippen LogP contribution in [-0.4, -0.2) is 29.5 Å². The van der Waals surface area contributed by atoms with E-state index in [1.807, 2.05) is 0 Å². The number of anilines is 1. The molecule has 1 aromatic heterocycles. The maximum atomic E-state index is 5.82. The number of nitrogens with zero attached hydrogens (tertiary/aromatic N) is 2. The number of halogens is 1. The van der Waals surface area contributed by atoms with Crippen LogP contribution >= 0.6 is 11.6 Å². The molecule has 5 nitrogen and oxygen atoms in total. The lowest BCUT2D eigenvalue weighted by Crippen LogP contribution is -2.15. The van der Waals surface area contributed by atoms with E-state index in [1.165, 1.54) is 25.7 Å². The smallest absolute Gasteiger partial charge is 0.315 e. The molecule has 1 aliphatic carbocycles. The number of alkyl halides is 1. The van der Waals surface area contributed by atoms with Gasteiger partial charge in [0, 0.05) is 6.54 Å². The van der Waals surface area contributed by atoms with Crippen LogP contribution in [0, 0.1) is 0 Å². The minimum absolute atomic E-state index is 0.257. The van der Waals surface area contributed by atoms with E-state index in [2.05, 4.69) is 15.5 Å². The molecule has 1 saturated carbocycles. The van der Waals surface area contributed by atoms with Crippen molar-refractivity contribution < 1.29 is 9.15 Å². The standard InChI is InChI=1S/C11H18ClN3O2/c1-8(12)10-14-15-11(17-10)13-6-7-16-9-4-2-3-5-9/h8-9H,2-7H2,1H3,(H,13,15). The third-order valence-corrected chi connectivity index (χ3v) is 3.00. The number of nitrogens with one attached hydrogen (secondary N) is 1. The van der Waals surface area contributed by atoms with E-state index in [4.69, 9.17) is 20.8 Å². The molecule has 17 heavy (non-hydrogen) atoms. The fourth-order valence-electron chi connectivity index (χ4n) is 1.91. The van der Waals surface area contributed by atoms with Crippen LogP contribution in [0.3, 0.4) is 0 Å². The van der Waals surface area contributed by atoms with Crippen molar-refractivity contribution >= 4 is 17.6 Å². The maximum absolute atomic E-state index is 5.82. The molecule has 1 unspecified atom stereocenters. The van der Waals surface area contributed by atoms with E-state index in [1.54, 1.807) is 6.92 Å². The first-order valence-corrected chi connectivity index (χ1v) is 6.52. The second-order valence-corrected chi connectivity index (χ2v) is 4.92. The normalized spacial score (nSPS) is 18.5. The quantitative estimate of drug-likeness (QED) is 0.629. The molecule has 0 saturated heterocycles. The van der Waals surface area contributed by atoms with Crippen LogP contribution in [-0.2, 0) is 4.74 Å². The molecule has 0 radical (unpaired) electrons. The highest BCUT2D eigenvalue weighted by Gasteiger charge is 2.15. The summed E-state index contributed by atoms with van der Waals surface area (Å²) in [6.45, 7) is 3.13. The van der Waals surface area contributed by atoms with Gasteiger partial charge in [0.15, 0.2) is 0 Å². The van der Waals surface area contributed by atoms with Crippen LogP contribution < -0.4 is 5.32 Å². The summed E-state index contributed by atoms with van der Waals surface area (Å²) in [6.07, 6.45) is 5.40. The zero-order valence-electron chi connectivity index (χ0n) is 9.99. The predicted molar refractivity (Wildman–Crippen MR) is 65.3 cm³/mol. The molecule has 96 valence electrons. The molecule has 1 aliphatic rings. The number of rotatable bonds is 6. The van der Waals surface area contributed by atoms with Crippen LogP contribution in [0.1, 0.15) is 43.9 Å². The number of ether oxygens (including phenoxy) is 1. The highest BCUT2D eigenvalue weighted by molar-refractivity contribution is 6.20. The third kappa shape index (κ3) is 3.85. The van der Waals surface area contributed by atoms with Crippen molar-refractivity contribution in [2.24, 2.45) is 0 Å². The average Bonchev–Trinajstić information content (AvgIpc) is 2.96. The zero-order valence-corrected chi connectivity index (χ0v) is 10.7. The Kier molecular flexibility index (Phi) is 4.62. The fraction of sp³-hybridized carbons (Fsp3) is 0.818. The first kappa shape index (κ1) is 12.6. The van der Waals surface area contributed by atoms with Crippen LogP contribution in [0.5, 0.6) is 0 Å². The van der Waals surface area contributed by atoms with E-state index < -0.39 is 0 Å². The topological polar surface area (TPSA) is 60.2 Å². The van der Waals surface area contributed by atoms with Gasteiger partial charge in [-0.2, -0.15) is 0 Å². The monoisotopic (exact) mass is 259 g/mol. The first-order chi connectivity index (χ1) is 8.25. The Morgan fingerprint density at radius 2 is 2.24 bits per heavy atom. The van der Waals surface area contributed by atoms with Crippen molar-refractivity contribution in [3.05, 3.63) is 5.89 Å². The number of hydrogen-bond acceptors (Lipinski definition) is 5. The second-order valence-electron chi connectivity index (χ2n) is 4.27. The summed E-state index contributed by atoms with van der Waals surface area (Å²) >= 11 is 5.82. The summed E-state index contributed by atoms with van der Waals surface area (Å²) < 4.78 is 11.0. The molecule has 0 aromatic carbocycles. The lowest BCUT2D eigenvalue weighted by Gasteiger charge is -2.10. The van der Waals surface area contributed by atoms with Crippen LogP contribution in [0.15, 0.2) is 4.42 Å². The molecule has 1 aromatic rings. The highest BCUT2D eigenvalue weighted by Crippen LogP contribution is 2.21. The Labute approximate surface area is 106 Å². The Bertz CT molecular complexity index is 337. The van der Waals surface area contributed by atoms with Gasteiger partial charge in [-0.05, 0) is 19.8 Å². The molecule has 1 fully saturated rings. The van der Waals surface area contributed by atoms with E-state index >= 15 is 0 Å². The lowest BCUT2D eigenvalue weighted by molar-refractivity contribution is 0.0657. The van der Waals surface area contributed by atoms with E-state index in [0.29, 0.717) is 31.2 Å². The molecule has 6 heteroatoms. The Hall–Kier alpha value is -0.810. The summed E-state index contributed by atoms with van der Waals surface area (Å²) in [5.41, 5.74) is 0. The highest BCUT2D eigenvalue weighted by atomic mass is 35.5. The first-order valence-electron chi connectivity index (χ1n) is 6.08. The molecule has 1 N–H and O–H groups in total. The minimum Gasteiger partial charge on any atom is -0.407 e. The van der Waals surface area contributed by atoms with E-state index in [0.717, 1.165) is 0 Å². The second kappa shape index (κ2) is 6.21. The zero-order chi connectivity index (χ0) is 12.1. The minimum atomic E-state index is -0.257. The van der Waals surface area contributed by atoms with Gasteiger partial charge in [-0.15, -0.1) is 16.7 Å². The van der Waals surface area contributed by atoms with Gasteiger partial charge in [-0.25, -0.2) is 0 Å². The van der Waals surface area contributed by atoms with Crippen molar-refractivity contribution in [3.63, 3.8) is 0 Å². The van der Waals surface area contributed by atoms with Gasteiger partial charge >= 0.3 is 6.01 Å². The van der Waals surface area contributed by atoms with Gasteiger partial charge < -0.3 is 14.5 Å². The third-order valence-electron chi connectivity index (χ3n) is 2.81. The van der Waals surface area contributed by atoms with Gasteiger partial charge in [-0.1, -0.05) is 17.9 Å². The van der Waals surface area contributed by atoms with Gasteiger partial charge in [-0.3, -0.25) is 0 Å². The Morgan fingerprint density at radius 3 is 2.88 bits per heavy atom. The van der Waals surface area contributed by atoms with E-state index in [-0.39, 0.29) is 5.38 Å². The van der Waals surface area contributed by atoms with Crippen LogP contribution in [0.25, 0.3) is 0 Å². The molecule has 0 amide bonds. The average molecular weight is 260 g/mol. The molecule has 0 spiro atoms. The van der Waals surface area contributed by atoms with Crippen LogP contribution in [0.4, 0.5) is 6.01 Å². The van der Waals surface area contributed by atoms with Crippen molar-refractivity contribution in [1.82, 2.24) is 10.2 Å². The molecule has 2 rings (SSSR count). The molecule has 0 aliphatic heterocycles. The SMILES string of the molecule is CC(Cl)c1nnc(NCCOC2CCCC2)o1. The summed E-state index contributed by atoms with van der Waals surface area (Å²) in [6, 6.07) is 0.405. The number of hydrogen-bond donors (Lipinski definition) is 1. The summed E-state index contributed by atoms with van der Waals surface area (Å²) in [4.78, 5) is 0. The summed E-state index contributed by atoms with van der Waals surface area (Å²) in [7, 11) is 0. The lowest BCUT2D eigenvalue weighted by atomic mass is 10.3. The van der Waals surface area contributed by atoms with Crippen molar-refractivity contribution in [1.29, 1.82) is 0 Å². The largest absolute Gasteiger partial charge is 0.407 e. The Morgan fingerprint density at radius 1 is 1.47 bits per heavy atom. The maximum Gasteiger partial charge on any atom is 0.315 e. The van der Waals surface area contributed by atoms with E-state index in [9.17, 15) is 0 Å². The molecular formula is C11H18ClN3O2. The summed E-state index contributed by atoms with van der Waals surface area (Å²) in [5.74, 6) is 0.436. The summed E-state index contributed by atoms with van der Waals surface area (Å²) in [5, 5.41) is 10.4. The van der Waals surface area contributed by atoms with Crippen LogP contribution in [0.2, 0.25) is 0 Å². The van der Waals surface area contributed by atoms with Crippen molar-refractivity contribution in [2.45, 2.75) is 44.1 Å².